The number of rotatable bonds is 19. The van der Waals surface area contributed by atoms with Gasteiger partial charge in [-0.3, -0.25) is 4.79 Å². The Morgan fingerprint density at radius 1 is 0.800 bits per heavy atom. The maximum absolute atomic E-state index is 10.8. The molecule has 1 N–H and O–H groups in total. The molecule has 0 aliphatic rings. The van der Waals surface area contributed by atoms with E-state index in [2.05, 4.69) is 43.4 Å². The average Bonchev–Trinajstić information content (AvgIpc) is 2.70. The number of carbonyl (C=O) groups is 1. The second-order valence-corrected chi connectivity index (χ2v) is 9.33. The summed E-state index contributed by atoms with van der Waals surface area (Å²) in [4.78, 5) is 10.8. The highest BCUT2D eigenvalue weighted by molar-refractivity contribution is 6.63. The van der Waals surface area contributed by atoms with Gasteiger partial charge in [-0.15, -0.1) is 12.4 Å². The largest absolute Gasteiger partial charge is 0.385 e. The molecular weight excluding hydrogens is 413 g/mol. The number of aryl methyl sites for hydroxylation is 1. The van der Waals surface area contributed by atoms with E-state index >= 15 is 0 Å². The molecule has 0 fully saturated rings. The first kappa shape index (κ1) is 29.3. The zero-order valence-electron chi connectivity index (χ0n) is 19.4. The molecule has 0 bridgehead atoms. The third-order valence-corrected chi connectivity index (χ3v) is 5.79. The number of hydrogen-bond acceptors (Lipinski definition) is 2. The molecule has 0 saturated carbocycles. The van der Waals surface area contributed by atoms with Crippen LogP contribution < -0.4 is 5.32 Å². The summed E-state index contributed by atoms with van der Waals surface area (Å²) in [6.07, 6.45) is 19.3. The summed E-state index contributed by atoms with van der Waals surface area (Å²) in [5.74, 6) is 0.873. The van der Waals surface area contributed by atoms with Gasteiger partial charge in [0.15, 0.2) is 0 Å². The number of nitrogens with one attached hydrogen (secondary N) is 1. The van der Waals surface area contributed by atoms with Crippen molar-refractivity contribution in [1.82, 2.24) is 0 Å². The van der Waals surface area contributed by atoms with Crippen LogP contribution >= 0.6 is 24.0 Å². The van der Waals surface area contributed by atoms with Crippen molar-refractivity contribution >= 4 is 34.9 Å². The Morgan fingerprint density at radius 3 is 1.73 bits per heavy atom. The van der Waals surface area contributed by atoms with Crippen molar-refractivity contribution in [3.8, 4) is 0 Å². The van der Waals surface area contributed by atoms with Crippen LogP contribution in [-0.4, -0.2) is 11.8 Å². The number of hydrogen-bond donors (Lipinski definition) is 1. The van der Waals surface area contributed by atoms with Crippen LogP contribution in [-0.2, 0) is 11.2 Å². The number of halogens is 2. The molecule has 0 radical (unpaired) electrons. The molecule has 4 heteroatoms. The van der Waals surface area contributed by atoms with Crippen LogP contribution in [0.25, 0.3) is 0 Å². The van der Waals surface area contributed by atoms with E-state index < -0.39 is 0 Å². The SMILES string of the molecule is CC(C)CCCCCCCCCCCCCCNc1ccc(CCC(=O)Cl)cc1.Cl. The predicted molar refractivity (Wildman–Crippen MR) is 136 cm³/mol. The molecule has 0 atom stereocenters. The summed E-state index contributed by atoms with van der Waals surface area (Å²) in [6.45, 7) is 5.69. The van der Waals surface area contributed by atoms with Crippen LogP contribution in [0.1, 0.15) is 109 Å². The van der Waals surface area contributed by atoms with Gasteiger partial charge < -0.3 is 5.32 Å². The highest BCUT2D eigenvalue weighted by atomic mass is 35.5. The first-order chi connectivity index (χ1) is 14.1. The standard InChI is InChI=1S/C26H44ClNO.ClH/c1-23(2)15-13-11-9-7-5-3-4-6-8-10-12-14-22-28-25-19-16-24(17-20-25)18-21-26(27)29;/h16-17,19-20,23,28H,3-15,18,21-22H2,1-2H3;1H. The average molecular weight is 459 g/mol. The van der Waals surface area contributed by atoms with E-state index in [1.165, 1.54) is 83.5 Å². The molecule has 0 saturated heterocycles. The van der Waals surface area contributed by atoms with Gasteiger partial charge in [0.25, 0.3) is 0 Å². The van der Waals surface area contributed by atoms with E-state index in [9.17, 15) is 4.79 Å². The maximum atomic E-state index is 10.8. The molecule has 0 aliphatic carbocycles. The first-order valence-corrected chi connectivity index (χ1v) is 12.5. The fourth-order valence-corrected chi connectivity index (χ4v) is 3.80. The Morgan fingerprint density at radius 2 is 1.27 bits per heavy atom. The van der Waals surface area contributed by atoms with E-state index in [0.717, 1.165) is 30.1 Å². The second-order valence-electron chi connectivity index (χ2n) is 8.90. The van der Waals surface area contributed by atoms with Gasteiger partial charge >= 0.3 is 0 Å². The van der Waals surface area contributed by atoms with Gasteiger partial charge in [-0.25, -0.2) is 0 Å². The summed E-state index contributed by atoms with van der Waals surface area (Å²) >= 11 is 5.39. The Labute approximate surface area is 197 Å². The molecule has 0 unspecified atom stereocenters. The lowest BCUT2D eigenvalue weighted by atomic mass is 10.0. The van der Waals surface area contributed by atoms with E-state index in [1.54, 1.807) is 0 Å². The van der Waals surface area contributed by atoms with Crippen LogP contribution in [0.5, 0.6) is 0 Å². The smallest absolute Gasteiger partial charge is 0.221 e. The summed E-state index contributed by atoms with van der Waals surface area (Å²) in [5.41, 5.74) is 2.32. The van der Waals surface area contributed by atoms with Gasteiger partial charge in [0.2, 0.25) is 5.24 Å². The minimum atomic E-state index is -0.264. The highest BCUT2D eigenvalue weighted by Crippen LogP contribution is 2.15. The van der Waals surface area contributed by atoms with Gasteiger partial charge in [0, 0.05) is 18.7 Å². The Bertz CT molecular complexity index is 516. The molecule has 0 amide bonds. The fraction of sp³-hybridized carbons (Fsp3) is 0.731. The summed E-state index contributed by atoms with van der Waals surface area (Å²) in [7, 11) is 0. The minimum absolute atomic E-state index is 0. The summed E-state index contributed by atoms with van der Waals surface area (Å²) < 4.78 is 0. The third kappa shape index (κ3) is 18.1. The zero-order chi connectivity index (χ0) is 21.2. The maximum Gasteiger partial charge on any atom is 0.221 e. The van der Waals surface area contributed by atoms with Crippen molar-refractivity contribution in [2.45, 2.75) is 110 Å². The lowest BCUT2D eigenvalue weighted by molar-refractivity contribution is -0.111. The Hall–Kier alpha value is -0.730. The topological polar surface area (TPSA) is 29.1 Å². The molecule has 174 valence electrons. The van der Waals surface area contributed by atoms with Crippen molar-refractivity contribution < 1.29 is 4.79 Å². The molecule has 1 aromatic carbocycles. The number of anilines is 1. The quantitative estimate of drug-likeness (QED) is 0.166. The monoisotopic (exact) mass is 457 g/mol. The molecule has 0 aliphatic heterocycles. The van der Waals surface area contributed by atoms with Crippen LogP contribution in [0.2, 0.25) is 0 Å². The normalized spacial score (nSPS) is 10.8. The lowest BCUT2D eigenvalue weighted by Crippen LogP contribution is -2.01. The minimum Gasteiger partial charge on any atom is -0.385 e. The van der Waals surface area contributed by atoms with Crippen molar-refractivity contribution in [2.24, 2.45) is 5.92 Å². The highest BCUT2D eigenvalue weighted by Gasteiger charge is 1.99. The molecule has 0 spiro atoms. The molecule has 30 heavy (non-hydrogen) atoms. The second kappa shape index (κ2) is 20.2. The van der Waals surface area contributed by atoms with Gasteiger partial charge in [-0.1, -0.05) is 103 Å². The van der Waals surface area contributed by atoms with E-state index in [4.69, 9.17) is 11.6 Å². The first-order valence-electron chi connectivity index (χ1n) is 12.1. The summed E-state index contributed by atoms with van der Waals surface area (Å²) in [6, 6.07) is 8.35. The summed E-state index contributed by atoms with van der Waals surface area (Å²) in [5, 5.41) is 3.23. The van der Waals surface area contributed by atoms with Gasteiger partial charge in [-0.2, -0.15) is 0 Å². The van der Waals surface area contributed by atoms with Crippen LogP contribution in [0.15, 0.2) is 24.3 Å². The van der Waals surface area contributed by atoms with E-state index in [-0.39, 0.29) is 17.6 Å². The van der Waals surface area contributed by atoms with E-state index in [0.29, 0.717) is 6.42 Å². The van der Waals surface area contributed by atoms with Crippen LogP contribution in [0.4, 0.5) is 5.69 Å². The van der Waals surface area contributed by atoms with Crippen molar-refractivity contribution in [3.63, 3.8) is 0 Å². The third-order valence-electron chi connectivity index (χ3n) is 5.60. The lowest BCUT2D eigenvalue weighted by Gasteiger charge is -2.07. The fourth-order valence-electron chi connectivity index (χ4n) is 3.71. The van der Waals surface area contributed by atoms with Crippen molar-refractivity contribution in [3.05, 3.63) is 29.8 Å². The van der Waals surface area contributed by atoms with Crippen LogP contribution in [0.3, 0.4) is 0 Å². The van der Waals surface area contributed by atoms with Gasteiger partial charge in [0.05, 0.1) is 0 Å². The molecule has 1 aromatic rings. The molecule has 0 aromatic heterocycles. The Kier molecular flexibility index (Phi) is 19.7. The van der Waals surface area contributed by atoms with Gasteiger partial charge in [-0.05, 0) is 48.1 Å². The van der Waals surface area contributed by atoms with Crippen molar-refractivity contribution in [2.75, 3.05) is 11.9 Å². The number of benzene rings is 1. The molecule has 2 nitrogen and oxygen atoms in total. The van der Waals surface area contributed by atoms with Gasteiger partial charge in [0.1, 0.15) is 0 Å². The Balaban J connectivity index is 0.00000841. The molecular formula is C26H45Cl2NO. The number of unbranched alkanes of at least 4 members (excludes halogenated alkanes) is 11. The molecule has 1 rings (SSSR count). The zero-order valence-corrected chi connectivity index (χ0v) is 21.0. The van der Waals surface area contributed by atoms with Crippen molar-refractivity contribution in [1.29, 1.82) is 0 Å². The number of carbonyl (C=O) groups excluding carboxylic acids is 1. The van der Waals surface area contributed by atoms with E-state index in [1.807, 2.05) is 0 Å². The van der Waals surface area contributed by atoms with Crippen LogP contribution in [0, 0.1) is 5.92 Å². The predicted octanol–water partition coefficient (Wildman–Crippen LogP) is 8.95. The molecule has 0 heterocycles.